The minimum absolute atomic E-state index is 0.0685. The van der Waals surface area contributed by atoms with Gasteiger partial charge in [0.25, 0.3) is 0 Å². The van der Waals surface area contributed by atoms with Crippen molar-refractivity contribution in [3.05, 3.63) is 30.6 Å². The van der Waals surface area contributed by atoms with Crippen molar-refractivity contribution in [2.24, 2.45) is 0 Å². The normalized spacial score (nSPS) is 24.7. The third kappa shape index (κ3) is 4.29. The molecule has 2 aliphatic heterocycles. The Morgan fingerprint density at radius 1 is 1.12 bits per heavy atom. The Bertz CT molecular complexity index is 1100. The number of amides is 1. The molecule has 2 aliphatic rings. The highest BCUT2D eigenvalue weighted by Gasteiger charge is 2.23. The summed E-state index contributed by atoms with van der Waals surface area (Å²) in [6.07, 6.45) is 6.68. The van der Waals surface area contributed by atoms with Crippen LogP contribution in [0, 0.1) is 0 Å². The van der Waals surface area contributed by atoms with Crippen LogP contribution in [0.5, 0.6) is 5.75 Å². The largest absolute Gasteiger partial charge is 0.491 e. The molecule has 1 aromatic carbocycles. The highest BCUT2D eigenvalue weighted by atomic mass is 16.6. The summed E-state index contributed by atoms with van der Waals surface area (Å²) in [5.41, 5.74) is 2.76. The molecule has 1 N–H and O–H groups in total. The minimum atomic E-state index is -0.431. The van der Waals surface area contributed by atoms with Crippen LogP contribution < -0.4 is 10.1 Å². The van der Waals surface area contributed by atoms with Crippen molar-refractivity contribution in [1.29, 1.82) is 0 Å². The smallest absolute Gasteiger partial charge is 0.407 e. The summed E-state index contributed by atoms with van der Waals surface area (Å²) in [4.78, 5) is 12.0. The van der Waals surface area contributed by atoms with Gasteiger partial charge in [-0.2, -0.15) is 10.2 Å². The van der Waals surface area contributed by atoms with Gasteiger partial charge in [-0.05, 0) is 51.3 Å². The first-order valence-corrected chi connectivity index (χ1v) is 11.3. The van der Waals surface area contributed by atoms with Gasteiger partial charge in [-0.3, -0.25) is 4.68 Å². The van der Waals surface area contributed by atoms with E-state index >= 15 is 0 Å². The van der Waals surface area contributed by atoms with E-state index in [1.165, 1.54) is 0 Å². The Labute approximate surface area is 186 Å². The van der Waals surface area contributed by atoms with E-state index < -0.39 is 6.09 Å². The van der Waals surface area contributed by atoms with Crippen LogP contribution in [0.3, 0.4) is 0 Å². The zero-order valence-corrected chi connectivity index (χ0v) is 18.5. The number of cyclic esters (lactones) is 1. The molecule has 170 valence electrons. The maximum atomic E-state index is 12.0. The Morgan fingerprint density at radius 2 is 2.03 bits per heavy atom. The summed E-state index contributed by atoms with van der Waals surface area (Å²) in [6, 6.07) is 6.07. The minimum Gasteiger partial charge on any atom is -0.491 e. The van der Waals surface area contributed by atoms with Crippen molar-refractivity contribution in [2.45, 2.75) is 64.5 Å². The lowest BCUT2D eigenvalue weighted by Gasteiger charge is -2.23. The van der Waals surface area contributed by atoms with Crippen molar-refractivity contribution in [3.8, 4) is 17.0 Å². The Kier molecular flexibility index (Phi) is 5.73. The number of ether oxygens (including phenoxy) is 3. The van der Waals surface area contributed by atoms with Crippen molar-refractivity contribution >= 4 is 17.0 Å². The predicted octanol–water partition coefficient (Wildman–Crippen LogP) is 3.88. The van der Waals surface area contributed by atoms with Gasteiger partial charge in [0.1, 0.15) is 17.5 Å². The molecule has 2 aromatic heterocycles. The monoisotopic (exact) mass is 439 g/mol. The summed E-state index contributed by atoms with van der Waals surface area (Å²) in [7, 11) is 0. The van der Waals surface area contributed by atoms with E-state index in [4.69, 9.17) is 19.3 Å². The number of hydrogen-bond acceptors (Lipinski definition) is 6. The number of fused-ring (bicyclic) bond motifs is 4. The number of nitrogens with zero attached hydrogens (tertiary/aromatic N) is 4. The zero-order chi connectivity index (χ0) is 22.1. The first-order chi connectivity index (χ1) is 15.6. The standard InChI is InChI=1S/C23H29N5O4/c1-15-8-9-24-23(29)32-16(2)13-27-14-17(12-25-27)22-19-11-18(31-15)6-7-20(19)28(26-22)21-5-3-4-10-30-21/h6-7,11-12,14-16,21H,3-5,8-10,13H2,1-2H3,(H,24,29)/t15-,16?,21?/m1/s1. The molecule has 32 heavy (non-hydrogen) atoms. The molecule has 4 heterocycles. The Morgan fingerprint density at radius 3 is 2.88 bits per heavy atom. The van der Waals surface area contributed by atoms with Gasteiger partial charge in [0, 0.05) is 36.7 Å². The van der Waals surface area contributed by atoms with Crippen LogP contribution in [0.2, 0.25) is 0 Å². The van der Waals surface area contributed by atoms with Gasteiger partial charge in [-0.25, -0.2) is 9.48 Å². The molecule has 9 heteroatoms. The van der Waals surface area contributed by atoms with Crippen LogP contribution >= 0.6 is 0 Å². The van der Waals surface area contributed by atoms with Crippen molar-refractivity contribution in [3.63, 3.8) is 0 Å². The Hall–Kier alpha value is -3.07. The average molecular weight is 440 g/mol. The van der Waals surface area contributed by atoms with Gasteiger partial charge in [-0.15, -0.1) is 0 Å². The maximum absolute atomic E-state index is 12.0. The van der Waals surface area contributed by atoms with E-state index in [0.29, 0.717) is 19.5 Å². The van der Waals surface area contributed by atoms with Crippen LogP contribution in [0.15, 0.2) is 30.6 Å². The lowest BCUT2D eigenvalue weighted by Crippen LogP contribution is -2.32. The molecular formula is C23H29N5O4. The van der Waals surface area contributed by atoms with E-state index in [1.54, 1.807) is 10.9 Å². The number of carbonyl (C=O) groups excluding carboxylic acids is 1. The van der Waals surface area contributed by atoms with E-state index in [-0.39, 0.29) is 18.4 Å². The average Bonchev–Trinajstić information content (AvgIpc) is 3.38. The lowest BCUT2D eigenvalue weighted by atomic mass is 10.1. The first-order valence-electron chi connectivity index (χ1n) is 11.3. The third-order valence-corrected chi connectivity index (χ3v) is 5.92. The highest BCUT2D eigenvalue weighted by molar-refractivity contribution is 5.94. The fraction of sp³-hybridized carbons (Fsp3) is 0.522. The molecule has 3 atom stereocenters. The summed E-state index contributed by atoms with van der Waals surface area (Å²) >= 11 is 0. The van der Waals surface area contributed by atoms with Gasteiger partial charge in [0.05, 0.1) is 24.4 Å². The van der Waals surface area contributed by atoms with E-state index in [0.717, 1.165) is 53.8 Å². The molecule has 4 bridgehead atoms. The van der Waals surface area contributed by atoms with E-state index in [1.807, 2.05) is 36.9 Å². The quantitative estimate of drug-likeness (QED) is 0.619. The molecule has 0 radical (unpaired) electrons. The van der Waals surface area contributed by atoms with Gasteiger partial charge < -0.3 is 19.5 Å². The summed E-state index contributed by atoms with van der Waals surface area (Å²) in [5.74, 6) is 0.769. The molecule has 5 rings (SSSR count). The third-order valence-electron chi connectivity index (χ3n) is 5.92. The van der Waals surface area contributed by atoms with Gasteiger partial charge >= 0.3 is 6.09 Å². The first kappa shape index (κ1) is 20.8. The van der Waals surface area contributed by atoms with Crippen molar-refractivity contribution < 1.29 is 19.0 Å². The van der Waals surface area contributed by atoms with Gasteiger partial charge in [-0.1, -0.05) is 0 Å². The second kappa shape index (κ2) is 8.82. The zero-order valence-electron chi connectivity index (χ0n) is 18.5. The van der Waals surface area contributed by atoms with Gasteiger partial charge in [0.15, 0.2) is 6.23 Å². The molecule has 9 nitrogen and oxygen atoms in total. The highest BCUT2D eigenvalue weighted by Crippen LogP contribution is 2.35. The summed E-state index contributed by atoms with van der Waals surface area (Å²) in [5, 5.41) is 13.2. The maximum Gasteiger partial charge on any atom is 0.407 e. The van der Waals surface area contributed by atoms with Crippen LogP contribution in [0.1, 0.15) is 45.8 Å². The fourth-order valence-corrected chi connectivity index (χ4v) is 4.32. The number of alkyl carbamates (subject to hydrolysis) is 1. The van der Waals surface area contributed by atoms with Crippen molar-refractivity contribution in [1.82, 2.24) is 24.9 Å². The molecule has 3 aromatic rings. The number of nitrogens with one attached hydrogen (secondary N) is 1. The van der Waals surface area contributed by atoms with Crippen LogP contribution in [-0.2, 0) is 16.0 Å². The number of hydrogen-bond donors (Lipinski definition) is 1. The van der Waals surface area contributed by atoms with Crippen LogP contribution in [-0.4, -0.2) is 51.0 Å². The van der Waals surface area contributed by atoms with E-state index in [9.17, 15) is 4.79 Å². The van der Waals surface area contributed by atoms with E-state index in [2.05, 4.69) is 16.5 Å². The van der Waals surface area contributed by atoms with Crippen molar-refractivity contribution in [2.75, 3.05) is 13.2 Å². The lowest BCUT2D eigenvalue weighted by molar-refractivity contribution is -0.0365. The van der Waals surface area contributed by atoms with Gasteiger partial charge in [0.2, 0.25) is 0 Å². The molecule has 1 saturated heterocycles. The molecule has 2 unspecified atom stereocenters. The number of aromatic nitrogens is 4. The van der Waals surface area contributed by atoms with Crippen LogP contribution in [0.4, 0.5) is 4.79 Å². The second-order valence-corrected chi connectivity index (χ2v) is 8.60. The second-order valence-electron chi connectivity index (χ2n) is 8.60. The molecular weight excluding hydrogens is 410 g/mol. The summed E-state index contributed by atoms with van der Waals surface area (Å²) < 4.78 is 21.4. The number of rotatable bonds is 1. The Balaban J connectivity index is 1.58. The molecule has 1 amide bonds. The molecule has 0 spiro atoms. The fourth-order valence-electron chi connectivity index (χ4n) is 4.32. The summed E-state index contributed by atoms with van der Waals surface area (Å²) in [6.45, 7) is 5.54. The molecule has 0 aliphatic carbocycles. The number of benzene rings is 1. The SMILES string of the molecule is CC1Cn2cc(cn2)-c2nn(C3CCCCO3)c3ccc(cc23)O[C@H](C)CCNC(=O)O1. The predicted molar refractivity (Wildman–Crippen MR) is 118 cm³/mol. The number of carbonyl (C=O) groups is 1. The molecule has 1 fully saturated rings. The topological polar surface area (TPSA) is 92.4 Å². The molecule has 0 saturated carbocycles. The van der Waals surface area contributed by atoms with Crippen LogP contribution in [0.25, 0.3) is 22.2 Å².